The molecular weight excluding hydrogens is 420 g/mol. The summed E-state index contributed by atoms with van der Waals surface area (Å²) in [5.41, 5.74) is 2.34. The molecular formula is C31H48O3. The van der Waals surface area contributed by atoms with Crippen molar-refractivity contribution in [2.45, 2.75) is 111 Å². The van der Waals surface area contributed by atoms with Crippen molar-refractivity contribution >= 4 is 6.16 Å². The molecule has 3 nitrogen and oxygen atoms in total. The lowest BCUT2D eigenvalue weighted by atomic mass is 9.47. The average molecular weight is 469 g/mol. The maximum absolute atomic E-state index is 11.9. The normalized spacial score (nSPS) is 39.8. The van der Waals surface area contributed by atoms with Gasteiger partial charge < -0.3 is 9.47 Å². The van der Waals surface area contributed by atoms with Crippen LogP contribution in [0.1, 0.15) is 105 Å². The minimum Gasteiger partial charge on any atom is -0.431 e. The van der Waals surface area contributed by atoms with Gasteiger partial charge in [0.2, 0.25) is 0 Å². The van der Waals surface area contributed by atoms with Gasteiger partial charge in [-0.25, -0.2) is 4.79 Å². The molecule has 0 spiro atoms. The molecule has 0 N–H and O–H groups in total. The number of carbonyl (C=O) groups is 1. The van der Waals surface area contributed by atoms with Crippen molar-refractivity contribution in [2.75, 3.05) is 6.61 Å². The van der Waals surface area contributed by atoms with Crippen LogP contribution in [-0.2, 0) is 9.47 Å². The SMILES string of the molecule is C#CCOC(=O)O[C@H]1CC[C@@]2(C)C(=CC[C@H]3[C@@H]4CC[C@H]([C@H](C)CCCC(C)C)[C@@]4(C)CC[C@@H]32)C1. The summed E-state index contributed by atoms with van der Waals surface area (Å²) < 4.78 is 10.5. The topological polar surface area (TPSA) is 35.5 Å². The van der Waals surface area contributed by atoms with E-state index in [0.717, 1.165) is 54.8 Å². The Bertz CT molecular complexity index is 806. The Morgan fingerprint density at radius 1 is 1.12 bits per heavy atom. The van der Waals surface area contributed by atoms with Crippen molar-refractivity contribution in [3.05, 3.63) is 11.6 Å². The quantitative estimate of drug-likeness (QED) is 0.215. The van der Waals surface area contributed by atoms with E-state index in [1.165, 1.54) is 56.9 Å². The predicted molar refractivity (Wildman–Crippen MR) is 138 cm³/mol. The number of hydrogen-bond donors (Lipinski definition) is 0. The molecule has 0 bridgehead atoms. The zero-order valence-electron chi connectivity index (χ0n) is 22.4. The molecule has 0 aliphatic heterocycles. The monoisotopic (exact) mass is 468 g/mol. The summed E-state index contributed by atoms with van der Waals surface area (Å²) in [6.07, 6.45) is 21.0. The van der Waals surface area contributed by atoms with E-state index in [1.54, 1.807) is 0 Å². The van der Waals surface area contributed by atoms with E-state index in [0.29, 0.717) is 5.41 Å². The van der Waals surface area contributed by atoms with Crippen molar-refractivity contribution in [1.29, 1.82) is 0 Å². The van der Waals surface area contributed by atoms with Crippen LogP contribution in [0, 0.1) is 58.7 Å². The van der Waals surface area contributed by atoms with E-state index in [-0.39, 0.29) is 18.1 Å². The van der Waals surface area contributed by atoms with Crippen molar-refractivity contribution in [3.8, 4) is 12.3 Å². The van der Waals surface area contributed by atoms with Crippen LogP contribution in [0.15, 0.2) is 11.6 Å². The second-order valence-electron chi connectivity index (χ2n) is 13.0. The van der Waals surface area contributed by atoms with Gasteiger partial charge in [0.15, 0.2) is 6.61 Å². The molecule has 0 unspecified atom stereocenters. The number of allylic oxidation sites excluding steroid dienone is 1. The Morgan fingerprint density at radius 2 is 1.91 bits per heavy atom. The van der Waals surface area contributed by atoms with E-state index >= 15 is 0 Å². The fourth-order valence-corrected chi connectivity index (χ4v) is 9.02. The number of ether oxygens (including phenoxy) is 2. The lowest BCUT2D eigenvalue weighted by molar-refractivity contribution is -0.0612. The van der Waals surface area contributed by atoms with Crippen molar-refractivity contribution < 1.29 is 14.3 Å². The van der Waals surface area contributed by atoms with E-state index in [9.17, 15) is 4.79 Å². The highest BCUT2D eigenvalue weighted by Crippen LogP contribution is 2.67. The summed E-state index contributed by atoms with van der Waals surface area (Å²) in [5.74, 6) is 7.42. The van der Waals surface area contributed by atoms with Gasteiger partial charge in [-0.05, 0) is 91.3 Å². The van der Waals surface area contributed by atoms with Gasteiger partial charge in [0.25, 0.3) is 0 Å². The predicted octanol–water partition coefficient (Wildman–Crippen LogP) is 8.18. The lowest BCUT2D eigenvalue weighted by Gasteiger charge is -2.58. The lowest BCUT2D eigenvalue weighted by Crippen LogP contribution is -2.51. The van der Waals surface area contributed by atoms with Gasteiger partial charge in [0.1, 0.15) is 6.10 Å². The summed E-state index contributed by atoms with van der Waals surface area (Å²) in [6, 6.07) is 0. The summed E-state index contributed by atoms with van der Waals surface area (Å²) in [7, 11) is 0. The molecule has 0 aromatic carbocycles. The van der Waals surface area contributed by atoms with Crippen LogP contribution in [-0.4, -0.2) is 18.9 Å². The summed E-state index contributed by atoms with van der Waals surface area (Å²) >= 11 is 0. The third-order valence-electron chi connectivity index (χ3n) is 10.8. The van der Waals surface area contributed by atoms with Crippen LogP contribution in [0.5, 0.6) is 0 Å². The van der Waals surface area contributed by atoms with Crippen LogP contribution in [0.2, 0.25) is 0 Å². The third-order valence-corrected chi connectivity index (χ3v) is 10.8. The zero-order valence-corrected chi connectivity index (χ0v) is 22.4. The average Bonchev–Trinajstić information content (AvgIpc) is 3.15. The first kappa shape index (κ1) is 25.7. The molecule has 34 heavy (non-hydrogen) atoms. The first-order chi connectivity index (χ1) is 16.2. The Hall–Kier alpha value is -1.43. The smallest absolute Gasteiger partial charge is 0.431 e. The highest BCUT2D eigenvalue weighted by molar-refractivity contribution is 5.60. The van der Waals surface area contributed by atoms with Gasteiger partial charge in [0.05, 0.1) is 0 Å². The Labute approximate surface area is 208 Å². The maximum atomic E-state index is 11.9. The van der Waals surface area contributed by atoms with E-state index in [4.69, 9.17) is 15.9 Å². The van der Waals surface area contributed by atoms with Gasteiger partial charge in [-0.2, -0.15) is 0 Å². The van der Waals surface area contributed by atoms with Gasteiger partial charge >= 0.3 is 6.16 Å². The molecule has 0 heterocycles. The zero-order chi connectivity index (χ0) is 24.5. The van der Waals surface area contributed by atoms with E-state index < -0.39 is 6.16 Å². The Balaban J connectivity index is 1.42. The molecule has 4 aliphatic rings. The highest BCUT2D eigenvalue weighted by atomic mass is 16.7. The second-order valence-corrected chi connectivity index (χ2v) is 13.0. The highest BCUT2D eigenvalue weighted by Gasteiger charge is 2.59. The summed E-state index contributed by atoms with van der Waals surface area (Å²) in [4.78, 5) is 11.9. The minimum absolute atomic E-state index is 0.0206. The van der Waals surface area contributed by atoms with Gasteiger partial charge in [-0.3, -0.25) is 0 Å². The van der Waals surface area contributed by atoms with E-state index in [1.807, 2.05) is 0 Å². The molecule has 190 valence electrons. The van der Waals surface area contributed by atoms with Gasteiger partial charge in [-0.1, -0.05) is 71.5 Å². The number of rotatable bonds is 7. The van der Waals surface area contributed by atoms with Gasteiger partial charge in [0, 0.05) is 6.42 Å². The fourth-order valence-electron chi connectivity index (χ4n) is 9.02. The minimum atomic E-state index is -0.617. The van der Waals surface area contributed by atoms with Crippen molar-refractivity contribution in [2.24, 2.45) is 46.3 Å². The Morgan fingerprint density at radius 3 is 2.65 bits per heavy atom. The fraction of sp³-hybridized carbons (Fsp3) is 0.839. The molecule has 3 heteroatoms. The number of fused-ring (bicyclic) bond motifs is 5. The molecule has 0 saturated heterocycles. The molecule has 4 rings (SSSR count). The second kappa shape index (κ2) is 10.3. The molecule has 4 aliphatic carbocycles. The summed E-state index contributed by atoms with van der Waals surface area (Å²) in [5, 5.41) is 0. The number of hydrogen-bond acceptors (Lipinski definition) is 3. The van der Waals surface area contributed by atoms with Crippen molar-refractivity contribution in [1.82, 2.24) is 0 Å². The molecule has 0 aromatic rings. The third kappa shape index (κ3) is 4.81. The van der Waals surface area contributed by atoms with Gasteiger partial charge in [-0.15, -0.1) is 6.42 Å². The molecule has 0 aromatic heterocycles. The first-order valence-electron chi connectivity index (χ1n) is 14.2. The maximum Gasteiger partial charge on any atom is 0.509 e. The van der Waals surface area contributed by atoms with E-state index in [2.05, 4.69) is 46.6 Å². The largest absolute Gasteiger partial charge is 0.509 e. The standard InChI is InChI=1S/C31H48O3/c1-7-19-33-29(32)34-24-15-17-30(5)23(20-24)11-12-25-27-14-13-26(22(4)10-8-9-21(2)3)31(27,6)18-16-28(25)30/h1,11,21-22,24-28H,8-10,12-20H2,2-6H3/t22-,24+,25+,26-,27+,28+,30+,31-/m1/s1. The van der Waals surface area contributed by atoms with Crippen LogP contribution in [0.3, 0.4) is 0 Å². The summed E-state index contributed by atoms with van der Waals surface area (Å²) in [6.45, 7) is 12.4. The molecule has 0 radical (unpaired) electrons. The molecule has 3 saturated carbocycles. The van der Waals surface area contributed by atoms with Crippen LogP contribution < -0.4 is 0 Å². The van der Waals surface area contributed by atoms with Crippen LogP contribution in [0.4, 0.5) is 4.79 Å². The first-order valence-corrected chi connectivity index (χ1v) is 14.2. The number of terminal acetylenes is 1. The van der Waals surface area contributed by atoms with Crippen LogP contribution in [0.25, 0.3) is 0 Å². The van der Waals surface area contributed by atoms with Crippen LogP contribution >= 0.6 is 0 Å². The molecule has 8 atom stereocenters. The molecule has 0 amide bonds. The molecule has 3 fully saturated rings. The Kier molecular flexibility index (Phi) is 7.76. The van der Waals surface area contributed by atoms with Crippen molar-refractivity contribution in [3.63, 3.8) is 0 Å². The number of carbonyl (C=O) groups excluding carboxylic acids is 1.